The molecule has 2 aliphatic heterocycles. The van der Waals surface area contributed by atoms with Gasteiger partial charge in [-0.25, -0.2) is 4.98 Å². The summed E-state index contributed by atoms with van der Waals surface area (Å²) in [5, 5.41) is 0. The van der Waals surface area contributed by atoms with Crippen molar-refractivity contribution in [1.29, 1.82) is 0 Å². The molecule has 1 unspecified atom stereocenters. The molecule has 1 aromatic heterocycles. The summed E-state index contributed by atoms with van der Waals surface area (Å²) in [5.41, 5.74) is 4.64. The topological polar surface area (TPSA) is 67.7 Å². The number of fused-ring (bicyclic) bond motifs is 1. The third-order valence-corrected chi connectivity index (χ3v) is 6.09. The van der Waals surface area contributed by atoms with Crippen molar-refractivity contribution >= 4 is 29.0 Å². The third-order valence-electron chi connectivity index (χ3n) is 6.09. The molecule has 2 aliphatic rings. The molecule has 2 amide bonds. The van der Waals surface area contributed by atoms with Crippen LogP contribution in [-0.2, 0) is 9.53 Å². The van der Waals surface area contributed by atoms with E-state index >= 15 is 0 Å². The highest BCUT2D eigenvalue weighted by Crippen LogP contribution is 2.25. The molecule has 0 N–H and O–H groups in total. The molecule has 2 saturated heterocycles. The quantitative estimate of drug-likeness (QED) is 0.656. The number of carbonyl (C=O) groups is 2. The van der Waals surface area contributed by atoms with Crippen molar-refractivity contribution in [1.82, 2.24) is 19.4 Å². The molecule has 0 radical (unpaired) electrons. The number of amides is 2. The Labute approximate surface area is 180 Å². The zero-order valence-corrected chi connectivity index (χ0v) is 17.2. The van der Waals surface area contributed by atoms with Crippen LogP contribution in [0.25, 0.3) is 28.4 Å². The molecular formula is C24H24N4O3. The first-order valence-electron chi connectivity index (χ1n) is 10.5. The Morgan fingerprint density at radius 2 is 1.68 bits per heavy atom. The summed E-state index contributed by atoms with van der Waals surface area (Å²) >= 11 is 0. The molecule has 7 nitrogen and oxygen atoms in total. The van der Waals surface area contributed by atoms with Gasteiger partial charge in [0.25, 0.3) is 11.8 Å². The van der Waals surface area contributed by atoms with Crippen LogP contribution in [0.4, 0.5) is 0 Å². The summed E-state index contributed by atoms with van der Waals surface area (Å²) in [7, 11) is 0. The first-order chi connectivity index (χ1) is 15.1. The van der Waals surface area contributed by atoms with Gasteiger partial charge in [-0.15, -0.1) is 0 Å². The summed E-state index contributed by atoms with van der Waals surface area (Å²) in [4.78, 5) is 33.2. The van der Waals surface area contributed by atoms with Gasteiger partial charge in [0, 0.05) is 44.4 Å². The normalized spacial score (nSPS) is 18.6. The Kier molecular flexibility index (Phi) is 5.03. The number of ether oxygens (including phenoxy) is 1. The van der Waals surface area contributed by atoms with E-state index in [1.165, 1.54) is 0 Å². The van der Waals surface area contributed by atoms with E-state index in [1.807, 2.05) is 51.9 Å². The predicted molar refractivity (Wildman–Crippen MR) is 118 cm³/mol. The van der Waals surface area contributed by atoms with Crippen molar-refractivity contribution in [3.8, 4) is 11.1 Å². The van der Waals surface area contributed by atoms with Crippen LogP contribution in [0.2, 0.25) is 0 Å². The Bertz CT molecular complexity index is 1140. The van der Waals surface area contributed by atoms with Crippen molar-refractivity contribution < 1.29 is 14.3 Å². The highest BCUT2D eigenvalue weighted by molar-refractivity contribution is 5.95. The maximum absolute atomic E-state index is 12.9. The molecular weight excluding hydrogens is 392 g/mol. The van der Waals surface area contributed by atoms with E-state index in [1.54, 1.807) is 17.4 Å². The Morgan fingerprint density at radius 3 is 2.32 bits per heavy atom. The van der Waals surface area contributed by atoms with Crippen molar-refractivity contribution in [2.24, 2.45) is 0 Å². The molecule has 2 aromatic carbocycles. The highest BCUT2D eigenvalue weighted by Gasteiger charge is 2.33. The highest BCUT2D eigenvalue weighted by atomic mass is 16.5. The summed E-state index contributed by atoms with van der Waals surface area (Å²) in [6, 6.07) is 13.8. The zero-order valence-electron chi connectivity index (χ0n) is 17.2. The molecule has 0 saturated carbocycles. The number of imidazole rings is 1. The van der Waals surface area contributed by atoms with Crippen molar-refractivity contribution in [2.75, 3.05) is 32.8 Å². The van der Waals surface area contributed by atoms with Gasteiger partial charge in [-0.05, 0) is 35.4 Å². The number of hydrogen-bond acceptors (Lipinski definition) is 4. The summed E-state index contributed by atoms with van der Waals surface area (Å²) in [5.74, 6) is 0.0521. The van der Waals surface area contributed by atoms with E-state index in [9.17, 15) is 9.59 Å². The van der Waals surface area contributed by atoms with Crippen LogP contribution < -0.4 is 0 Å². The minimum atomic E-state index is -0.278. The fourth-order valence-electron chi connectivity index (χ4n) is 4.11. The zero-order chi connectivity index (χ0) is 21.4. The molecule has 3 heterocycles. The number of hydrogen-bond donors (Lipinski definition) is 0. The van der Waals surface area contributed by atoms with Crippen molar-refractivity contribution in [2.45, 2.75) is 12.5 Å². The maximum atomic E-state index is 12.9. The van der Waals surface area contributed by atoms with Crippen LogP contribution in [0.1, 0.15) is 16.8 Å². The molecule has 0 spiro atoms. The number of rotatable bonds is 4. The maximum Gasteiger partial charge on any atom is 0.253 e. The third kappa shape index (κ3) is 3.61. The number of nitrogens with zero attached hydrogens (tertiary/aromatic N) is 4. The Balaban J connectivity index is 1.25. The van der Waals surface area contributed by atoms with Crippen LogP contribution >= 0.6 is 0 Å². The van der Waals surface area contributed by atoms with Gasteiger partial charge < -0.3 is 19.1 Å². The molecule has 31 heavy (non-hydrogen) atoms. The lowest BCUT2D eigenvalue weighted by Gasteiger charge is -2.38. The van der Waals surface area contributed by atoms with Crippen LogP contribution in [0.5, 0.6) is 0 Å². The van der Waals surface area contributed by atoms with E-state index in [2.05, 4.69) is 11.6 Å². The minimum absolute atomic E-state index is 0.00118. The van der Waals surface area contributed by atoms with Crippen LogP contribution in [0.3, 0.4) is 0 Å². The predicted octanol–water partition coefficient (Wildman–Crippen LogP) is 2.88. The average Bonchev–Trinajstić information content (AvgIpc) is 3.20. The van der Waals surface area contributed by atoms with Crippen LogP contribution in [0, 0.1) is 0 Å². The molecule has 1 atom stereocenters. The van der Waals surface area contributed by atoms with Crippen molar-refractivity contribution in [3.05, 3.63) is 60.9 Å². The summed E-state index contributed by atoms with van der Waals surface area (Å²) in [6.45, 7) is 6.65. The van der Waals surface area contributed by atoms with Crippen LogP contribution in [0.15, 0.2) is 55.4 Å². The Hall–Kier alpha value is -3.45. The minimum Gasteiger partial charge on any atom is -0.368 e. The lowest BCUT2D eigenvalue weighted by molar-refractivity contribution is -0.157. The van der Waals surface area contributed by atoms with Gasteiger partial charge in [0.2, 0.25) is 0 Å². The van der Waals surface area contributed by atoms with E-state index in [-0.39, 0.29) is 17.9 Å². The average molecular weight is 416 g/mol. The van der Waals surface area contributed by atoms with Gasteiger partial charge in [-0.1, -0.05) is 24.8 Å². The lowest BCUT2D eigenvalue weighted by Crippen LogP contribution is -2.54. The standard InChI is InChI=1S/C24H24N4O3/c1-2-26-16-25-20-15-19(7-8-21(20)26)17-3-5-18(6-4-17)23(29)27-10-12-28(13-11-27)24(30)22-9-14-31-22/h2-8,15-16,22H,1,9-14H2. The second-order valence-electron chi connectivity index (χ2n) is 7.88. The number of piperazine rings is 1. The monoisotopic (exact) mass is 416 g/mol. The van der Waals surface area contributed by atoms with E-state index in [4.69, 9.17) is 4.74 Å². The van der Waals surface area contributed by atoms with Gasteiger partial charge in [0.1, 0.15) is 6.10 Å². The molecule has 3 aromatic rings. The van der Waals surface area contributed by atoms with Crippen LogP contribution in [-0.4, -0.2) is 70.1 Å². The smallest absolute Gasteiger partial charge is 0.253 e. The van der Waals surface area contributed by atoms with E-state index < -0.39 is 0 Å². The Morgan fingerprint density at radius 1 is 1.00 bits per heavy atom. The summed E-state index contributed by atoms with van der Waals surface area (Å²) in [6.07, 6.45) is 4.00. The van der Waals surface area contributed by atoms with Gasteiger partial charge in [-0.3, -0.25) is 9.59 Å². The molecule has 5 rings (SSSR count). The molecule has 2 fully saturated rings. The first kappa shape index (κ1) is 19.5. The first-order valence-corrected chi connectivity index (χ1v) is 10.5. The van der Waals surface area contributed by atoms with Crippen molar-refractivity contribution in [3.63, 3.8) is 0 Å². The lowest BCUT2D eigenvalue weighted by atomic mass is 10.0. The van der Waals surface area contributed by atoms with Gasteiger partial charge >= 0.3 is 0 Å². The largest absolute Gasteiger partial charge is 0.368 e. The van der Waals surface area contributed by atoms with Gasteiger partial charge in [0.15, 0.2) is 0 Å². The molecule has 158 valence electrons. The fourth-order valence-corrected chi connectivity index (χ4v) is 4.11. The molecule has 0 aliphatic carbocycles. The van der Waals surface area contributed by atoms with E-state index in [0.717, 1.165) is 28.6 Å². The number of benzene rings is 2. The second kappa shape index (κ2) is 8.00. The van der Waals surface area contributed by atoms with Gasteiger partial charge in [-0.2, -0.15) is 0 Å². The van der Waals surface area contributed by atoms with E-state index in [0.29, 0.717) is 38.3 Å². The summed E-state index contributed by atoms with van der Waals surface area (Å²) < 4.78 is 7.17. The molecule has 7 heteroatoms. The van der Waals surface area contributed by atoms with Gasteiger partial charge in [0.05, 0.1) is 24.0 Å². The fraction of sp³-hybridized carbons (Fsp3) is 0.292. The number of carbonyl (C=O) groups excluding carboxylic acids is 2. The number of aromatic nitrogens is 2. The second-order valence-corrected chi connectivity index (χ2v) is 7.88. The SMILES string of the molecule is C=Cn1cnc2cc(-c3ccc(C(=O)N4CCN(C(=O)C5CCO5)CC4)cc3)ccc21. The molecule has 0 bridgehead atoms.